The number of nitrogens with zero attached hydrogens (tertiary/aromatic N) is 4. The third-order valence-corrected chi connectivity index (χ3v) is 2.69. The van der Waals surface area contributed by atoms with Gasteiger partial charge in [-0.3, -0.25) is 4.68 Å². The van der Waals surface area contributed by atoms with Crippen molar-refractivity contribution in [3.63, 3.8) is 0 Å². The van der Waals surface area contributed by atoms with Crippen LogP contribution in [0.5, 0.6) is 0 Å². The molecule has 17 heavy (non-hydrogen) atoms. The fourth-order valence-corrected chi connectivity index (χ4v) is 1.93. The van der Waals surface area contributed by atoms with Crippen molar-refractivity contribution in [3.8, 4) is 11.4 Å². The summed E-state index contributed by atoms with van der Waals surface area (Å²) in [5.41, 5.74) is 1.82. The zero-order valence-corrected chi connectivity index (χ0v) is 10.8. The lowest BCUT2D eigenvalue weighted by molar-refractivity contribution is 0.664. The molecule has 0 fully saturated rings. The van der Waals surface area contributed by atoms with Gasteiger partial charge < -0.3 is 0 Å². The number of hydrogen-bond acceptors (Lipinski definition) is 3. The number of hydrogen-bond donors (Lipinski definition) is 0. The fourth-order valence-electron chi connectivity index (χ4n) is 1.73. The first-order valence-corrected chi connectivity index (χ1v) is 6.18. The molecular formula is C12H15ClN4. The van der Waals surface area contributed by atoms with Crippen molar-refractivity contribution in [2.45, 2.75) is 33.2 Å². The molecule has 2 heterocycles. The van der Waals surface area contributed by atoms with E-state index < -0.39 is 0 Å². The lowest BCUT2D eigenvalue weighted by atomic mass is 10.2. The van der Waals surface area contributed by atoms with Crippen LogP contribution < -0.4 is 0 Å². The van der Waals surface area contributed by atoms with Gasteiger partial charge in [-0.1, -0.05) is 18.5 Å². The lowest BCUT2D eigenvalue weighted by Crippen LogP contribution is -2.02. The Balaban J connectivity index is 2.44. The van der Waals surface area contributed by atoms with Crippen molar-refractivity contribution in [3.05, 3.63) is 29.3 Å². The van der Waals surface area contributed by atoms with Gasteiger partial charge in [0.1, 0.15) is 11.0 Å². The molecule has 0 unspecified atom stereocenters. The Hall–Kier alpha value is -1.42. The van der Waals surface area contributed by atoms with E-state index in [1.165, 1.54) is 0 Å². The fraction of sp³-hybridized carbons (Fsp3) is 0.417. The van der Waals surface area contributed by atoms with E-state index in [9.17, 15) is 0 Å². The summed E-state index contributed by atoms with van der Waals surface area (Å²) < 4.78 is 1.90. The molecule has 0 N–H and O–H groups in total. The Morgan fingerprint density at radius 3 is 2.82 bits per heavy atom. The van der Waals surface area contributed by atoms with Gasteiger partial charge in [0.15, 0.2) is 0 Å². The minimum atomic E-state index is 0.488. The lowest BCUT2D eigenvalue weighted by Gasteiger charge is -2.06. The summed E-state index contributed by atoms with van der Waals surface area (Å²) in [6, 6.07) is 3.72. The maximum absolute atomic E-state index is 6.02. The third kappa shape index (κ3) is 2.64. The standard InChI is InChI=1S/C12H15ClN4/c1-3-5-12-15-9(8-11(13)16-12)10-6-7-14-17(10)4-2/h6-8H,3-5H2,1-2H3. The summed E-state index contributed by atoms with van der Waals surface area (Å²) in [5, 5.41) is 4.72. The van der Waals surface area contributed by atoms with Gasteiger partial charge in [0.05, 0.1) is 11.4 Å². The van der Waals surface area contributed by atoms with Crippen LogP contribution in [0.4, 0.5) is 0 Å². The van der Waals surface area contributed by atoms with Crippen LogP contribution in [0.1, 0.15) is 26.1 Å². The van der Waals surface area contributed by atoms with Crippen LogP contribution in [0, 0.1) is 0 Å². The van der Waals surface area contributed by atoms with Crippen LogP contribution in [0.2, 0.25) is 5.15 Å². The molecule has 0 aliphatic rings. The molecule has 0 saturated heterocycles. The average molecular weight is 251 g/mol. The first-order chi connectivity index (χ1) is 8.24. The number of aromatic nitrogens is 4. The van der Waals surface area contributed by atoms with Crippen LogP contribution in [0.3, 0.4) is 0 Å². The maximum atomic E-state index is 6.02. The van der Waals surface area contributed by atoms with Crippen LogP contribution in [-0.2, 0) is 13.0 Å². The molecule has 0 bridgehead atoms. The van der Waals surface area contributed by atoms with Crippen LogP contribution in [0.25, 0.3) is 11.4 Å². The third-order valence-electron chi connectivity index (χ3n) is 2.49. The quantitative estimate of drug-likeness (QED) is 0.784. The van der Waals surface area contributed by atoms with Gasteiger partial charge in [-0.05, 0) is 19.4 Å². The summed E-state index contributed by atoms with van der Waals surface area (Å²) in [4.78, 5) is 8.73. The molecule has 90 valence electrons. The zero-order valence-electron chi connectivity index (χ0n) is 10.0. The molecule has 5 heteroatoms. The van der Waals surface area contributed by atoms with Gasteiger partial charge in [0.25, 0.3) is 0 Å². The predicted molar refractivity (Wildman–Crippen MR) is 67.9 cm³/mol. The number of halogens is 1. The largest absolute Gasteiger partial charge is 0.264 e. The molecule has 0 aliphatic heterocycles. The molecule has 4 nitrogen and oxygen atoms in total. The van der Waals surface area contributed by atoms with Crippen molar-refractivity contribution >= 4 is 11.6 Å². The Bertz CT molecular complexity index is 507. The highest BCUT2D eigenvalue weighted by Crippen LogP contribution is 2.20. The van der Waals surface area contributed by atoms with E-state index in [1.54, 1.807) is 12.3 Å². The van der Waals surface area contributed by atoms with Gasteiger partial charge in [-0.15, -0.1) is 0 Å². The van der Waals surface area contributed by atoms with Gasteiger partial charge in [-0.2, -0.15) is 5.10 Å². The van der Waals surface area contributed by atoms with Gasteiger partial charge in [0, 0.05) is 25.2 Å². The number of rotatable bonds is 4. The average Bonchev–Trinajstić information content (AvgIpc) is 2.76. The van der Waals surface area contributed by atoms with E-state index in [-0.39, 0.29) is 0 Å². The van der Waals surface area contributed by atoms with Gasteiger partial charge in [-0.25, -0.2) is 9.97 Å². The Morgan fingerprint density at radius 2 is 2.12 bits per heavy atom. The second kappa shape index (κ2) is 5.27. The molecule has 0 amide bonds. The van der Waals surface area contributed by atoms with Crippen LogP contribution in [-0.4, -0.2) is 19.7 Å². The molecule has 2 aromatic heterocycles. The second-order valence-electron chi connectivity index (χ2n) is 3.77. The molecule has 0 aromatic carbocycles. The summed E-state index contributed by atoms with van der Waals surface area (Å²) in [6.45, 7) is 4.96. The minimum absolute atomic E-state index is 0.488. The van der Waals surface area contributed by atoms with Crippen molar-refractivity contribution < 1.29 is 0 Å². The van der Waals surface area contributed by atoms with Crippen molar-refractivity contribution in [1.29, 1.82) is 0 Å². The van der Waals surface area contributed by atoms with E-state index in [2.05, 4.69) is 22.0 Å². The van der Waals surface area contributed by atoms with Crippen LogP contribution in [0.15, 0.2) is 18.3 Å². The van der Waals surface area contributed by atoms with Crippen molar-refractivity contribution in [2.75, 3.05) is 0 Å². The van der Waals surface area contributed by atoms with Gasteiger partial charge >= 0.3 is 0 Å². The highest BCUT2D eigenvalue weighted by Gasteiger charge is 2.09. The zero-order chi connectivity index (χ0) is 12.3. The van der Waals surface area contributed by atoms with Crippen molar-refractivity contribution in [1.82, 2.24) is 19.7 Å². The van der Waals surface area contributed by atoms with E-state index in [4.69, 9.17) is 11.6 Å². The molecular weight excluding hydrogens is 236 g/mol. The van der Waals surface area contributed by atoms with Crippen molar-refractivity contribution in [2.24, 2.45) is 0 Å². The Labute approximate surface area is 106 Å². The van der Waals surface area contributed by atoms with E-state index in [0.29, 0.717) is 5.15 Å². The normalized spacial score (nSPS) is 10.8. The Morgan fingerprint density at radius 1 is 1.29 bits per heavy atom. The minimum Gasteiger partial charge on any atom is -0.264 e. The number of aryl methyl sites for hydroxylation is 2. The molecule has 2 aromatic rings. The monoisotopic (exact) mass is 250 g/mol. The van der Waals surface area contributed by atoms with Crippen LogP contribution >= 0.6 is 11.6 Å². The topological polar surface area (TPSA) is 43.6 Å². The molecule has 0 radical (unpaired) electrons. The highest BCUT2D eigenvalue weighted by molar-refractivity contribution is 6.29. The molecule has 0 atom stereocenters. The first-order valence-electron chi connectivity index (χ1n) is 5.80. The van der Waals surface area contributed by atoms with Gasteiger partial charge in [0.2, 0.25) is 0 Å². The summed E-state index contributed by atoms with van der Waals surface area (Å²) in [7, 11) is 0. The molecule has 2 rings (SSSR count). The predicted octanol–water partition coefficient (Wildman–Crippen LogP) is 2.97. The summed E-state index contributed by atoms with van der Waals surface area (Å²) in [5.74, 6) is 0.791. The maximum Gasteiger partial charge on any atom is 0.133 e. The Kier molecular flexibility index (Phi) is 3.74. The molecule has 0 spiro atoms. The summed E-state index contributed by atoms with van der Waals surface area (Å²) >= 11 is 6.02. The van der Waals surface area contributed by atoms with E-state index in [1.807, 2.05) is 17.7 Å². The first kappa shape index (κ1) is 12.0. The SMILES string of the molecule is CCCc1nc(Cl)cc(-c2ccnn2CC)n1. The second-order valence-corrected chi connectivity index (χ2v) is 4.16. The van der Waals surface area contributed by atoms with E-state index in [0.717, 1.165) is 36.6 Å². The smallest absolute Gasteiger partial charge is 0.133 e. The molecule has 0 aliphatic carbocycles. The highest BCUT2D eigenvalue weighted by atomic mass is 35.5. The summed E-state index contributed by atoms with van der Waals surface area (Å²) in [6.07, 6.45) is 3.62. The van der Waals surface area contributed by atoms with E-state index >= 15 is 0 Å². The molecule has 0 saturated carbocycles.